The lowest BCUT2D eigenvalue weighted by Gasteiger charge is -2.11. The fourth-order valence-corrected chi connectivity index (χ4v) is 4.42. The summed E-state index contributed by atoms with van der Waals surface area (Å²) in [6, 6.07) is 8.48. The Hall–Kier alpha value is -2.10. The second kappa shape index (κ2) is 7.03. The van der Waals surface area contributed by atoms with Gasteiger partial charge in [-0.25, -0.2) is 21.6 Å². The normalized spacial score (nSPS) is 11.9. The Morgan fingerprint density at radius 3 is 2.20 bits per heavy atom. The summed E-state index contributed by atoms with van der Waals surface area (Å²) in [7, 11) is -7.54. The van der Waals surface area contributed by atoms with Gasteiger partial charge in [-0.2, -0.15) is 0 Å². The lowest BCUT2D eigenvalue weighted by atomic mass is 10.2. The molecule has 0 aliphatic carbocycles. The maximum Gasteiger partial charge on any atom is 0.335 e. The second-order valence-electron chi connectivity index (χ2n) is 4.98. The first-order valence-corrected chi connectivity index (χ1v) is 10.5. The summed E-state index contributed by atoms with van der Waals surface area (Å²) in [5.41, 5.74) is -0.110. The van der Waals surface area contributed by atoms with Gasteiger partial charge in [0.25, 0.3) is 10.0 Å². The molecule has 0 heterocycles. The van der Waals surface area contributed by atoms with Crippen molar-refractivity contribution in [2.24, 2.45) is 0 Å². The van der Waals surface area contributed by atoms with Crippen LogP contribution in [0.1, 0.15) is 17.3 Å². The largest absolute Gasteiger partial charge is 0.478 e. The number of carboxylic acid groups (broad SMARTS) is 1. The first-order valence-electron chi connectivity index (χ1n) is 6.95. The molecule has 0 aromatic heterocycles. The van der Waals surface area contributed by atoms with Crippen molar-refractivity contribution in [2.75, 3.05) is 10.5 Å². The molecule has 134 valence electrons. The standard InChI is InChI=1S/C15H14ClNO6S2/c1-2-24(20,21)12-6-4-11(5-7-12)17-25(22,23)14-9-10(15(18)19)3-8-13(14)16/h3-9,17H,2H2,1H3,(H,18,19). The summed E-state index contributed by atoms with van der Waals surface area (Å²) in [6.45, 7) is 1.50. The molecule has 25 heavy (non-hydrogen) atoms. The lowest BCUT2D eigenvalue weighted by Crippen LogP contribution is -2.14. The Balaban J connectivity index is 2.37. The van der Waals surface area contributed by atoms with E-state index in [0.29, 0.717) is 0 Å². The van der Waals surface area contributed by atoms with Crippen LogP contribution in [0, 0.1) is 0 Å². The van der Waals surface area contributed by atoms with Gasteiger partial charge in [0.1, 0.15) is 4.90 Å². The van der Waals surface area contributed by atoms with Crippen LogP contribution in [-0.4, -0.2) is 33.7 Å². The minimum Gasteiger partial charge on any atom is -0.478 e. The van der Waals surface area contributed by atoms with Crippen molar-refractivity contribution in [3.05, 3.63) is 53.1 Å². The molecule has 0 amide bonds. The summed E-state index contributed by atoms with van der Waals surface area (Å²) in [6.07, 6.45) is 0. The van der Waals surface area contributed by atoms with Gasteiger partial charge in [0.15, 0.2) is 9.84 Å². The predicted octanol–water partition coefficient (Wildman–Crippen LogP) is 2.63. The van der Waals surface area contributed by atoms with Gasteiger partial charge in [0.05, 0.1) is 21.2 Å². The molecule has 0 atom stereocenters. The van der Waals surface area contributed by atoms with Crippen LogP contribution in [0.2, 0.25) is 5.02 Å². The van der Waals surface area contributed by atoms with Crippen LogP contribution in [0.5, 0.6) is 0 Å². The van der Waals surface area contributed by atoms with Crippen molar-refractivity contribution in [2.45, 2.75) is 16.7 Å². The zero-order valence-corrected chi connectivity index (χ0v) is 15.3. The summed E-state index contributed by atoms with van der Waals surface area (Å²) >= 11 is 5.86. The van der Waals surface area contributed by atoms with Crippen LogP contribution in [-0.2, 0) is 19.9 Å². The molecular formula is C15H14ClNO6S2. The minimum atomic E-state index is -4.15. The van der Waals surface area contributed by atoms with Crippen molar-refractivity contribution in [3.63, 3.8) is 0 Å². The van der Waals surface area contributed by atoms with E-state index in [-0.39, 0.29) is 31.8 Å². The molecule has 0 aliphatic rings. The number of halogens is 1. The molecule has 0 aliphatic heterocycles. The topological polar surface area (TPSA) is 118 Å². The molecule has 0 radical (unpaired) electrons. The third-order valence-corrected chi connectivity index (χ3v) is 6.93. The summed E-state index contributed by atoms with van der Waals surface area (Å²) < 4.78 is 50.6. The fraction of sp³-hybridized carbons (Fsp3) is 0.133. The number of anilines is 1. The third kappa shape index (κ3) is 4.30. The number of hydrogen-bond donors (Lipinski definition) is 2. The number of sulfone groups is 1. The molecule has 7 nitrogen and oxygen atoms in total. The summed E-state index contributed by atoms with van der Waals surface area (Å²) in [4.78, 5) is 10.7. The number of carbonyl (C=O) groups is 1. The van der Waals surface area contributed by atoms with Crippen LogP contribution in [0.4, 0.5) is 5.69 Å². The highest BCUT2D eigenvalue weighted by Gasteiger charge is 2.20. The van der Waals surface area contributed by atoms with Gasteiger partial charge in [0.2, 0.25) is 0 Å². The number of hydrogen-bond acceptors (Lipinski definition) is 5. The molecule has 0 saturated carbocycles. The van der Waals surface area contributed by atoms with Crippen LogP contribution < -0.4 is 4.72 Å². The van der Waals surface area contributed by atoms with Crippen molar-refractivity contribution in [1.82, 2.24) is 0 Å². The molecule has 2 N–H and O–H groups in total. The van der Waals surface area contributed by atoms with Gasteiger partial charge in [-0.15, -0.1) is 0 Å². The Labute approximate surface area is 150 Å². The molecular weight excluding hydrogens is 390 g/mol. The van der Waals surface area contributed by atoms with E-state index in [1.807, 2.05) is 0 Å². The van der Waals surface area contributed by atoms with E-state index in [2.05, 4.69) is 4.72 Å². The number of nitrogens with one attached hydrogen (secondary N) is 1. The van der Waals surface area contributed by atoms with Gasteiger partial charge in [-0.1, -0.05) is 18.5 Å². The van der Waals surface area contributed by atoms with Crippen LogP contribution in [0.25, 0.3) is 0 Å². The molecule has 10 heteroatoms. The van der Waals surface area contributed by atoms with Gasteiger partial charge < -0.3 is 5.11 Å². The quantitative estimate of drug-likeness (QED) is 0.765. The minimum absolute atomic E-state index is 0.0730. The molecule has 0 unspecified atom stereocenters. The molecule has 2 aromatic carbocycles. The molecule has 2 rings (SSSR count). The first kappa shape index (κ1) is 19.2. The van der Waals surface area contributed by atoms with Gasteiger partial charge in [-0.05, 0) is 42.5 Å². The number of rotatable bonds is 6. The zero-order valence-electron chi connectivity index (χ0n) is 12.9. The molecule has 0 fully saturated rings. The summed E-state index contributed by atoms with van der Waals surface area (Å²) in [5, 5.41) is 8.83. The molecule has 2 aromatic rings. The number of sulfonamides is 1. The van der Waals surface area contributed by atoms with E-state index in [9.17, 15) is 21.6 Å². The highest BCUT2D eigenvalue weighted by molar-refractivity contribution is 7.93. The number of carboxylic acids is 1. The van der Waals surface area contributed by atoms with E-state index in [0.717, 1.165) is 6.07 Å². The van der Waals surface area contributed by atoms with Gasteiger partial charge in [0, 0.05) is 5.69 Å². The SMILES string of the molecule is CCS(=O)(=O)c1ccc(NS(=O)(=O)c2cc(C(=O)O)ccc2Cl)cc1. The van der Waals surface area contributed by atoms with E-state index >= 15 is 0 Å². The van der Waals surface area contributed by atoms with Crippen LogP contribution in [0.15, 0.2) is 52.3 Å². The monoisotopic (exact) mass is 403 g/mol. The smallest absolute Gasteiger partial charge is 0.335 e. The Morgan fingerprint density at radius 2 is 1.68 bits per heavy atom. The molecule has 0 spiro atoms. The van der Waals surface area contributed by atoms with E-state index < -0.39 is 25.8 Å². The number of benzene rings is 2. The molecule has 0 bridgehead atoms. The fourth-order valence-electron chi connectivity index (χ4n) is 1.95. The second-order valence-corrected chi connectivity index (χ2v) is 9.32. The average Bonchev–Trinajstić information content (AvgIpc) is 2.55. The Bertz CT molecular complexity index is 1010. The van der Waals surface area contributed by atoms with Crippen LogP contribution in [0.3, 0.4) is 0 Å². The van der Waals surface area contributed by atoms with E-state index in [1.54, 1.807) is 0 Å². The van der Waals surface area contributed by atoms with Crippen molar-refractivity contribution in [3.8, 4) is 0 Å². The highest BCUT2D eigenvalue weighted by atomic mass is 35.5. The maximum absolute atomic E-state index is 12.4. The maximum atomic E-state index is 12.4. The highest BCUT2D eigenvalue weighted by Crippen LogP contribution is 2.25. The third-order valence-electron chi connectivity index (χ3n) is 3.31. The average molecular weight is 404 g/mol. The van der Waals surface area contributed by atoms with Gasteiger partial charge in [-0.3, -0.25) is 4.72 Å². The molecule has 0 saturated heterocycles. The Morgan fingerprint density at radius 1 is 1.08 bits per heavy atom. The van der Waals surface area contributed by atoms with Crippen molar-refractivity contribution >= 4 is 43.1 Å². The first-order chi connectivity index (χ1) is 11.6. The van der Waals surface area contributed by atoms with Crippen molar-refractivity contribution < 1.29 is 26.7 Å². The van der Waals surface area contributed by atoms with Gasteiger partial charge >= 0.3 is 5.97 Å². The Kier molecular flexibility index (Phi) is 5.40. The number of aromatic carboxylic acids is 1. The predicted molar refractivity (Wildman–Crippen MR) is 93.4 cm³/mol. The van der Waals surface area contributed by atoms with E-state index in [1.165, 1.54) is 43.3 Å². The van der Waals surface area contributed by atoms with Crippen molar-refractivity contribution in [1.29, 1.82) is 0 Å². The van der Waals surface area contributed by atoms with E-state index in [4.69, 9.17) is 16.7 Å². The summed E-state index contributed by atoms with van der Waals surface area (Å²) in [5.74, 6) is -1.36. The van der Waals surface area contributed by atoms with Crippen LogP contribution >= 0.6 is 11.6 Å². The zero-order chi connectivity index (χ0) is 18.8. The lowest BCUT2D eigenvalue weighted by molar-refractivity contribution is 0.0696.